The molecule has 2 aromatic carbocycles. The van der Waals surface area contributed by atoms with Gasteiger partial charge >= 0.3 is 0 Å². The fourth-order valence-electron chi connectivity index (χ4n) is 2.87. The molecule has 162 valence electrons. The minimum absolute atomic E-state index is 0.00644. The summed E-state index contributed by atoms with van der Waals surface area (Å²) < 4.78 is 31.4. The second-order valence-corrected chi connectivity index (χ2v) is 9.00. The molecule has 9 nitrogen and oxygen atoms in total. The molecule has 0 bridgehead atoms. The van der Waals surface area contributed by atoms with Crippen molar-refractivity contribution in [3.63, 3.8) is 0 Å². The fraction of sp³-hybridized carbons (Fsp3) is 0.350. The van der Waals surface area contributed by atoms with E-state index in [9.17, 15) is 23.3 Å². The maximum Gasteiger partial charge on any atom is 0.271 e. The Kier molecular flexibility index (Phi) is 7.04. The third-order valence-electron chi connectivity index (χ3n) is 4.22. The summed E-state index contributed by atoms with van der Waals surface area (Å²) in [6.07, 6.45) is 0.958. The van der Waals surface area contributed by atoms with Crippen molar-refractivity contribution < 1.29 is 22.9 Å². The lowest BCUT2D eigenvalue weighted by molar-refractivity contribution is -0.384. The van der Waals surface area contributed by atoms with E-state index in [-0.39, 0.29) is 17.5 Å². The number of carbonyl (C=O) groups is 1. The SMILES string of the molecule is Cc1ccc([N+](=O)[O-])cc1N([C@@H](C)C(=O)Nc1ccc(OC(C)C)cc1)S(C)(=O)=O. The molecule has 1 atom stereocenters. The van der Waals surface area contributed by atoms with Crippen molar-refractivity contribution in [2.45, 2.75) is 39.8 Å². The van der Waals surface area contributed by atoms with E-state index in [0.29, 0.717) is 17.0 Å². The third kappa shape index (κ3) is 5.69. The standard InChI is InChI=1S/C20H25N3O6S/c1-13(2)29-18-10-7-16(8-11-18)21-20(24)15(4)22(30(5,27)28)19-12-17(23(25)26)9-6-14(19)3/h6-13,15H,1-5H3,(H,21,24)/t15-/m0/s1. The van der Waals surface area contributed by atoms with E-state index in [2.05, 4.69) is 5.32 Å². The largest absolute Gasteiger partial charge is 0.491 e. The highest BCUT2D eigenvalue weighted by atomic mass is 32.2. The number of amides is 1. The Hall–Kier alpha value is -3.14. The van der Waals surface area contributed by atoms with Gasteiger partial charge in [-0.3, -0.25) is 19.2 Å². The average Bonchev–Trinajstić information content (AvgIpc) is 2.63. The summed E-state index contributed by atoms with van der Waals surface area (Å²) >= 11 is 0. The first kappa shape index (κ1) is 23.1. The van der Waals surface area contributed by atoms with Crippen LogP contribution in [-0.2, 0) is 14.8 Å². The van der Waals surface area contributed by atoms with Crippen LogP contribution in [0.25, 0.3) is 0 Å². The van der Waals surface area contributed by atoms with Crippen LogP contribution in [0.1, 0.15) is 26.3 Å². The summed E-state index contributed by atoms with van der Waals surface area (Å²) in [6.45, 7) is 6.83. The van der Waals surface area contributed by atoms with E-state index < -0.39 is 26.9 Å². The predicted octanol–water partition coefficient (Wildman–Crippen LogP) is 3.48. The number of carbonyl (C=O) groups excluding carboxylic acids is 1. The van der Waals surface area contributed by atoms with Crippen LogP contribution < -0.4 is 14.4 Å². The molecular weight excluding hydrogens is 410 g/mol. The minimum Gasteiger partial charge on any atom is -0.491 e. The van der Waals surface area contributed by atoms with Gasteiger partial charge in [-0.05, 0) is 57.5 Å². The number of nitrogens with one attached hydrogen (secondary N) is 1. The van der Waals surface area contributed by atoms with Crippen molar-refractivity contribution in [1.29, 1.82) is 0 Å². The molecule has 1 N–H and O–H groups in total. The van der Waals surface area contributed by atoms with Crippen molar-refractivity contribution in [3.05, 3.63) is 58.1 Å². The number of hydrogen-bond donors (Lipinski definition) is 1. The topological polar surface area (TPSA) is 119 Å². The van der Waals surface area contributed by atoms with E-state index in [1.807, 2.05) is 13.8 Å². The maximum absolute atomic E-state index is 12.8. The lowest BCUT2D eigenvalue weighted by atomic mass is 10.1. The molecule has 0 aliphatic heterocycles. The van der Waals surface area contributed by atoms with Crippen LogP contribution in [0.5, 0.6) is 5.75 Å². The Morgan fingerprint density at radius 2 is 1.73 bits per heavy atom. The molecule has 0 fully saturated rings. The van der Waals surface area contributed by atoms with Gasteiger partial charge in [-0.2, -0.15) is 0 Å². The van der Waals surface area contributed by atoms with Gasteiger partial charge in [-0.15, -0.1) is 0 Å². The van der Waals surface area contributed by atoms with E-state index >= 15 is 0 Å². The Morgan fingerprint density at radius 3 is 2.23 bits per heavy atom. The number of ether oxygens (including phenoxy) is 1. The molecule has 0 spiro atoms. The Bertz CT molecular complexity index is 1040. The molecular formula is C20H25N3O6S. The molecule has 0 unspecified atom stereocenters. The third-order valence-corrected chi connectivity index (χ3v) is 5.45. The van der Waals surface area contributed by atoms with E-state index in [4.69, 9.17) is 4.74 Å². The van der Waals surface area contributed by atoms with Gasteiger partial charge in [0.15, 0.2) is 0 Å². The van der Waals surface area contributed by atoms with Crippen LogP contribution >= 0.6 is 0 Å². The Morgan fingerprint density at radius 1 is 1.13 bits per heavy atom. The lowest BCUT2D eigenvalue weighted by Crippen LogP contribution is -2.45. The number of rotatable bonds is 8. The van der Waals surface area contributed by atoms with Crippen LogP contribution in [0.4, 0.5) is 17.1 Å². The summed E-state index contributed by atoms with van der Waals surface area (Å²) in [6, 6.07) is 9.41. The number of aryl methyl sites for hydroxylation is 1. The zero-order chi connectivity index (χ0) is 22.6. The number of non-ortho nitro benzene ring substituents is 1. The lowest BCUT2D eigenvalue weighted by Gasteiger charge is -2.29. The number of hydrogen-bond acceptors (Lipinski definition) is 6. The van der Waals surface area contributed by atoms with E-state index in [0.717, 1.165) is 16.6 Å². The van der Waals surface area contributed by atoms with Crippen LogP contribution in [0.15, 0.2) is 42.5 Å². The molecule has 0 heterocycles. The van der Waals surface area contributed by atoms with Gasteiger partial charge < -0.3 is 10.1 Å². The van der Waals surface area contributed by atoms with Gasteiger partial charge in [0.05, 0.1) is 23.0 Å². The van der Waals surface area contributed by atoms with Crippen LogP contribution in [0.2, 0.25) is 0 Å². The molecule has 0 aromatic heterocycles. The van der Waals surface area contributed by atoms with Crippen molar-refractivity contribution in [2.75, 3.05) is 15.9 Å². The van der Waals surface area contributed by atoms with Crippen molar-refractivity contribution in [2.24, 2.45) is 0 Å². The van der Waals surface area contributed by atoms with Gasteiger partial charge in [-0.25, -0.2) is 8.42 Å². The van der Waals surface area contributed by atoms with Crippen LogP contribution in [0, 0.1) is 17.0 Å². The molecule has 2 rings (SSSR count). The number of sulfonamides is 1. The number of nitro groups is 1. The summed E-state index contributed by atoms with van der Waals surface area (Å²) in [5, 5.41) is 13.8. The number of nitrogens with zero attached hydrogens (tertiary/aromatic N) is 2. The first-order valence-corrected chi connectivity index (χ1v) is 11.1. The molecule has 0 aliphatic carbocycles. The molecule has 0 saturated heterocycles. The second-order valence-electron chi connectivity index (χ2n) is 7.14. The minimum atomic E-state index is -3.91. The zero-order valence-electron chi connectivity index (χ0n) is 17.4. The fourth-order valence-corrected chi connectivity index (χ4v) is 4.09. The highest BCUT2D eigenvalue weighted by Crippen LogP contribution is 2.29. The normalized spacial score (nSPS) is 12.3. The number of nitro benzene ring substituents is 1. The second kappa shape index (κ2) is 9.12. The van der Waals surface area contributed by atoms with E-state index in [1.165, 1.54) is 19.1 Å². The smallest absolute Gasteiger partial charge is 0.271 e. The van der Waals surface area contributed by atoms with Crippen LogP contribution in [0.3, 0.4) is 0 Å². The molecule has 1 amide bonds. The first-order chi connectivity index (χ1) is 13.9. The van der Waals surface area contributed by atoms with Gasteiger partial charge in [0.1, 0.15) is 11.8 Å². The maximum atomic E-state index is 12.8. The summed E-state index contributed by atoms with van der Waals surface area (Å²) in [5.41, 5.74) is 0.765. The molecule has 0 aliphatic rings. The molecule has 2 aromatic rings. The number of anilines is 2. The Labute approximate surface area is 175 Å². The highest BCUT2D eigenvalue weighted by Gasteiger charge is 2.31. The van der Waals surface area contributed by atoms with E-state index in [1.54, 1.807) is 31.2 Å². The first-order valence-electron chi connectivity index (χ1n) is 9.22. The van der Waals surface area contributed by atoms with Gasteiger partial charge in [0.2, 0.25) is 15.9 Å². The van der Waals surface area contributed by atoms with Gasteiger partial charge in [0.25, 0.3) is 5.69 Å². The summed E-state index contributed by atoms with van der Waals surface area (Å²) in [7, 11) is -3.91. The van der Waals surface area contributed by atoms with Gasteiger partial charge in [-0.1, -0.05) is 6.07 Å². The van der Waals surface area contributed by atoms with Gasteiger partial charge in [0, 0.05) is 17.8 Å². The highest BCUT2D eigenvalue weighted by molar-refractivity contribution is 7.92. The summed E-state index contributed by atoms with van der Waals surface area (Å²) in [5.74, 6) is 0.0601. The summed E-state index contributed by atoms with van der Waals surface area (Å²) in [4.78, 5) is 23.3. The molecule has 0 radical (unpaired) electrons. The van der Waals surface area contributed by atoms with Crippen LogP contribution in [-0.4, -0.2) is 37.6 Å². The van der Waals surface area contributed by atoms with Crippen molar-refractivity contribution >= 4 is 33.0 Å². The number of benzene rings is 2. The average molecular weight is 436 g/mol. The predicted molar refractivity (Wildman–Crippen MR) is 115 cm³/mol. The zero-order valence-corrected chi connectivity index (χ0v) is 18.3. The monoisotopic (exact) mass is 435 g/mol. The van der Waals surface area contributed by atoms with Crippen molar-refractivity contribution in [3.8, 4) is 5.75 Å². The van der Waals surface area contributed by atoms with Crippen molar-refractivity contribution in [1.82, 2.24) is 0 Å². The molecule has 0 saturated carbocycles. The Balaban J connectivity index is 2.32. The molecule has 30 heavy (non-hydrogen) atoms. The quantitative estimate of drug-likeness (QED) is 0.501. The molecule has 10 heteroatoms.